The largest absolute Gasteiger partial charge is 0.427 e. The number of esters is 1. The molecule has 0 aromatic heterocycles. The predicted octanol–water partition coefficient (Wildman–Crippen LogP) is 2.01. The maximum atomic E-state index is 10.5. The van der Waals surface area contributed by atoms with E-state index >= 15 is 0 Å². The Bertz CT molecular complexity index is 309. The Balaban J connectivity index is 2.86. The minimum Gasteiger partial charge on any atom is -0.427 e. The van der Waals surface area contributed by atoms with E-state index in [1.54, 1.807) is 12.1 Å². The number of rotatable bonds is 2. The van der Waals surface area contributed by atoms with Crippen LogP contribution in [0, 0.1) is 4.91 Å². The van der Waals surface area contributed by atoms with E-state index in [9.17, 15) is 9.70 Å². The number of hydrogen-bond donors (Lipinski definition) is 0. The lowest BCUT2D eigenvalue weighted by Gasteiger charge is -1.99. The zero-order valence-electron chi connectivity index (χ0n) is 6.48. The van der Waals surface area contributed by atoms with Gasteiger partial charge in [-0.05, 0) is 17.3 Å². The molecule has 0 saturated carbocycles. The highest BCUT2D eigenvalue weighted by Crippen LogP contribution is 2.19. The summed E-state index contributed by atoms with van der Waals surface area (Å²) in [7, 11) is 0. The molecule has 0 unspecified atom stereocenters. The molecule has 1 aromatic rings. The van der Waals surface area contributed by atoms with Crippen LogP contribution >= 0.6 is 0 Å². The van der Waals surface area contributed by atoms with Crippen molar-refractivity contribution >= 4 is 11.7 Å². The summed E-state index contributed by atoms with van der Waals surface area (Å²) in [5, 5.41) is 2.70. The molecule has 62 valence electrons. The van der Waals surface area contributed by atoms with Crippen LogP contribution < -0.4 is 4.74 Å². The van der Waals surface area contributed by atoms with E-state index in [1.807, 2.05) is 0 Å². The molecular formula is C8H7NO3. The molecule has 0 aliphatic rings. The van der Waals surface area contributed by atoms with Crippen LogP contribution in [-0.4, -0.2) is 5.97 Å². The number of benzene rings is 1. The molecule has 0 N–H and O–H groups in total. The van der Waals surface area contributed by atoms with Crippen molar-refractivity contribution in [3.05, 3.63) is 29.2 Å². The van der Waals surface area contributed by atoms with Gasteiger partial charge in [0, 0.05) is 13.0 Å². The van der Waals surface area contributed by atoms with E-state index in [-0.39, 0.29) is 5.69 Å². The van der Waals surface area contributed by atoms with Crippen LogP contribution in [0.1, 0.15) is 6.92 Å². The van der Waals surface area contributed by atoms with Crippen molar-refractivity contribution in [2.24, 2.45) is 5.18 Å². The normalized spacial score (nSPS) is 9.08. The SMILES string of the molecule is CC(=O)Oc1cccc(N=O)c1. The van der Waals surface area contributed by atoms with Gasteiger partial charge in [0.15, 0.2) is 0 Å². The summed E-state index contributed by atoms with van der Waals surface area (Å²) in [5.74, 6) is -0.0855. The summed E-state index contributed by atoms with van der Waals surface area (Å²) in [6.45, 7) is 1.29. The smallest absolute Gasteiger partial charge is 0.308 e. The van der Waals surface area contributed by atoms with Crippen LogP contribution in [0.15, 0.2) is 29.4 Å². The van der Waals surface area contributed by atoms with E-state index in [0.29, 0.717) is 5.75 Å². The molecule has 0 saturated heterocycles. The van der Waals surface area contributed by atoms with E-state index in [1.165, 1.54) is 19.1 Å². The number of carbonyl (C=O) groups is 1. The third-order valence-corrected chi connectivity index (χ3v) is 1.18. The molecule has 12 heavy (non-hydrogen) atoms. The van der Waals surface area contributed by atoms with E-state index < -0.39 is 5.97 Å². The molecule has 0 fully saturated rings. The lowest BCUT2D eigenvalue weighted by molar-refractivity contribution is -0.131. The van der Waals surface area contributed by atoms with Gasteiger partial charge in [-0.25, -0.2) is 0 Å². The molecule has 0 radical (unpaired) electrons. The van der Waals surface area contributed by atoms with Crippen molar-refractivity contribution in [1.82, 2.24) is 0 Å². The van der Waals surface area contributed by atoms with E-state index in [2.05, 4.69) is 5.18 Å². The zero-order chi connectivity index (χ0) is 8.97. The Labute approximate surface area is 69.1 Å². The second-order valence-corrected chi connectivity index (χ2v) is 2.18. The fraction of sp³-hybridized carbons (Fsp3) is 0.125. The van der Waals surface area contributed by atoms with Gasteiger partial charge in [0.2, 0.25) is 0 Å². The first-order chi connectivity index (χ1) is 5.72. The summed E-state index contributed by atoms with van der Waals surface area (Å²) in [6, 6.07) is 6.10. The van der Waals surface area contributed by atoms with Gasteiger partial charge < -0.3 is 4.74 Å². The van der Waals surface area contributed by atoms with E-state index in [4.69, 9.17) is 4.74 Å². The Morgan fingerprint density at radius 3 is 2.83 bits per heavy atom. The quantitative estimate of drug-likeness (QED) is 0.382. The average Bonchev–Trinajstić information content (AvgIpc) is 2.03. The Kier molecular flexibility index (Phi) is 2.53. The Morgan fingerprint density at radius 1 is 1.50 bits per heavy atom. The highest BCUT2D eigenvalue weighted by Gasteiger charge is 1.98. The molecule has 0 heterocycles. The van der Waals surface area contributed by atoms with Crippen LogP contribution in [0.3, 0.4) is 0 Å². The second-order valence-electron chi connectivity index (χ2n) is 2.18. The first kappa shape index (κ1) is 8.39. The fourth-order valence-corrected chi connectivity index (χ4v) is 0.770. The molecule has 0 atom stereocenters. The van der Waals surface area contributed by atoms with Gasteiger partial charge in [-0.3, -0.25) is 4.79 Å². The maximum Gasteiger partial charge on any atom is 0.308 e. The molecular weight excluding hydrogens is 158 g/mol. The minimum atomic E-state index is -0.418. The van der Waals surface area contributed by atoms with Crippen molar-refractivity contribution in [1.29, 1.82) is 0 Å². The third-order valence-electron chi connectivity index (χ3n) is 1.18. The second kappa shape index (κ2) is 3.61. The molecule has 1 aromatic carbocycles. The summed E-state index contributed by atoms with van der Waals surface area (Å²) in [4.78, 5) is 20.5. The zero-order valence-corrected chi connectivity index (χ0v) is 6.48. The highest BCUT2D eigenvalue weighted by molar-refractivity contribution is 5.69. The maximum absolute atomic E-state index is 10.5. The van der Waals surface area contributed by atoms with Gasteiger partial charge in [0.05, 0.1) is 0 Å². The minimum absolute atomic E-state index is 0.244. The fourth-order valence-electron chi connectivity index (χ4n) is 0.770. The molecule has 0 spiro atoms. The number of carbonyl (C=O) groups excluding carboxylic acids is 1. The van der Waals surface area contributed by atoms with Crippen molar-refractivity contribution in [2.75, 3.05) is 0 Å². The monoisotopic (exact) mass is 165 g/mol. The van der Waals surface area contributed by atoms with Crippen molar-refractivity contribution < 1.29 is 9.53 Å². The van der Waals surface area contributed by atoms with Crippen molar-refractivity contribution in [2.45, 2.75) is 6.92 Å². The van der Waals surface area contributed by atoms with Gasteiger partial charge in [-0.1, -0.05) is 6.07 Å². The molecule has 0 aliphatic heterocycles. The number of ether oxygens (including phenoxy) is 1. The summed E-state index contributed by atoms with van der Waals surface area (Å²) in [6.07, 6.45) is 0. The molecule has 4 heteroatoms. The number of hydrogen-bond acceptors (Lipinski definition) is 4. The van der Waals surface area contributed by atoms with Crippen LogP contribution in [0.25, 0.3) is 0 Å². The molecule has 4 nitrogen and oxygen atoms in total. The topological polar surface area (TPSA) is 55.7 Å². The Morgan fingerprint density at radius 2 is 2.25 bits per heavy atom. The van der Waals surface area contributed by atoms with Crippen LogP contribution in [0.2, 0.25) is 0 Å². The van der Waals surface area contributed by atoms with Crippen LogP contribution in [0.4, 0.5) is 5.69 Å². The molecule has 0 bridgehead atoms. The van der Waals surface area contributed by atoms with Crippen LogP contribution in [0.5, 0.6) is 5.75 Å². The summed E-state index contributed by atoms with van der Waals surface area (Å²) >= 11 is 0. The first-order valence-corrected chi connectivity index (χ1v) is 3.34. The van der Waals surface area contributed by atoms with Gasteiger partial charge >= 0.3 is 5.97 Å². The standard InChI is InChI=1S/C8H7NO3/c1-6(10)12-8-4-2-3-7(5-8)9-11/h2-5H,1H3. The van der Waals surface area contributed by atoms with Gasteiger partial charge in [0.1, 0.15) is 11.4 Å². The molecule has 0 aliphatic carbocycles. The lowest BCUT2D eigenvalue weighted by Crippen LogP contribution is -2.00. The average molecular weight is 165 g/mol. The van der Waals surface area contributed by atoms with Crippen LogP contribution in [-0.2, 0) is 4.79 Å². The number of nitroso groups, excluding NO2 is 1. The molecule has 0 amide bonds. The third kappa shape index (κ3) is 2.16. The van der Waals surface area contributed by atoms with Crippen molar-refractivity contribution in [3.8, 4) is 5.75 Å². The Hall–Kier alpha value is -1.71. The van der Waals surface area contributed by atoms with Crippen molar-refractivity contribution in [3.63, 3.8) is 0 Å². The molecule has 1 rings (SSSR count). The van der Waals surface area contributed by atoms with Gasteiger partial charge in [-0.15, -0.1) is 4.91 Å². The lowest BCUT2D eigenvalue weighted by atomic mass is 10.3. The van der Waals surface area contributed by atoms with Gasteiger partial charge in [-0.2, -0.15) is 0 Å². The highest BCUT2D eigenvalue weighted by atomic mass is 16.5. The summed E-state index contributed by atoms with van der Waals surface area (Å²) < 4.78 is 4.72. The summed E-state index contributed by atoms with van der Waals surface area (Å²) in [5.41, 5.74) is 0.244. The first-order valence-electron chi connectivity index (χ1n) is 3.34. The predicted molar refractivity (Wildman–Crippen MR) is 43.2 cm³/mol. The number of nitrogens with zero attached hydrogens (tertiary/aromatic N) is 1. The van der Waals surface area contributed by atoms with Gasteiger partial charge in [0.25, 0.3) is 0 Å². The van der Waals surface area contributed by atoms with E-state index in [0.717, 1.165) is 0 Å².